The quantitative estimate of drug-likeness (QED) is 0.258. The highest BCUT2D eigenvalue weighted by Crippen LogP contribution is 2.47. The minimum absolute atomic E-state index is 0.286. The maximum absolute atomic E-state index is 13.7. The van der Waals surface area contributed by atoms with Crippen LogP contribution in [0.4, 0.5) is 10.2 Å². The van der Waals surface area contributed by atoms with Crippen molar-refractivity contribution >= 4 is 47.6 Å². The molecule has 2 aromatic heterocycles. The monoisotopic (exact) mass is 596 g/mol. The number of hydrogen-bond acceptors (Lipinski definition) is 7. The van der Waals surface area contributed by atoms with E-state index in [-0.39, 0.29) is 11.9 Å². The fourth-order valence-electron chi connectivity index (χ4n) is 4.62. The van der Waals surface area contributed by atoms with Gasteiger partial charge in [-0.3, -0.25) is 0 Å². The second kappa shape index (κ2) is 8.99. The minimum Gasteiger partial charge on any atom is -0.485 e. The van der Waals surface area contributed by atoms with Crippen LogP contribution < -0.4 is 15.4 Å². The van der Waals surface area contributed by atoms with Gasteiger partial charge < -0.3 is 20.1 Å². The molecule has 0 radical (unpaired) electrons. The summed E-state index contributed by atoms with van der Waals surface area (Å²) in [5.41, 5.74) is 8.28. The van der Waals surface area contributed by atoms with Gasteiger partial charge in [-0.15, -0.1) is 0 Å². The predicted molar refractivity (Wildman–Crippen MR) is 140 cm³/mol. The van der Waals surface area contributed by atoms with E-state index in [2.05, 4.69) is 57.2 Å². The van der Waals surface area contributed by atoms with Crippen molar-refractivity contribution in [3.05, 3.63) is 39.5 Å². The zero-order chi connectivity index (χ0) is 24.1. The Morgan fingerprint density at radius 1 is 1.29 bits per heavy atom. The Morgan fingerprint density at radius 3 is 2.79 bits per heavy atom. The van der Waals surface area contributed by atoms with Gasteiger partial charge in [0.15, 0.2) is 9.35 Å². The van der Waals surface area contributed by atoms with E-state index in [1.54, 1.807) is 16.9 Å². The van der Waals surface area contributed by atoms with E-state index in [0.717, 1.165) is 64.8 Å². The van der Waals surface area contributed by atoms with Crippen molar-refractivity contribution < 1.29 is 13.9 Å². The van der Waals surface area contributed by atoms with Crippen molar-refractivity contribution in [1.29, 1.82) is 0 Å². The molecule has 1 aromatic carbocycles. The fourth-order valence-corrected chi connectivity index (χ4v) is 6.01. The van der Waals surface area contributed by atoms with E-state index in [1.165, 1.54) is 12.1 Å². The number of nitrogens with zero attached hydrogens (tertiary/aromatic N) is 5. The maximum atomic E-state index is 13.7. The van der Waals surface area contributed by atoms with Gasteiger partial charge in [-0.25, -0.2) is 19.0 Å². The molecule has 3 aromatic rings. The molecule has 182 valence electrons. The minimum atomic E-state index is -1.15. The Kier molecular flexibility index (Phi) is 6.32. The topological polar surface area (TPSA) is 91.3 Å². The number of aromatic nitrogens is 4. The number of anilines is 1. The smallest absolute Gasteiger partial charge is 0.182 e. The van der Waals surface area contributed by atoms with Crippen LogP contribution in [0.2, 0.25) is 25.7 Å². The van der Waals surface area contributed by atoms with Crippen molar-refractivity contribution in [2.45, 2.75) is 56.9 Å². The summed E-state index contributed by atoms with van der Waals surface area (Å²) in [4.78, 5) is 11.7. The second-order valence-corrected chi connectivity index (χ2v) is 17.0. The zero-order valence-corrected chi connectivity index (χ0v) is 22.9. The van der Waals surface area contributed by atoms with Gasteiger partial charge in [-0.05, 0) is 46.8 Å². The molecule has 1 spiro atoms. The Morgan fingerprint density at radius 2 is 2.06 bits per heavy atom. The molecule has 34 heavy (non-hydrogen) atoms. The first-order valence-corrected chi connectivity index (χ1v) is 16.4. The van der Waals surface area contributed by atoms with Crippen molar-refractivity contribution in [1.82, 2.24) is 19.7 Å². The lowest BCUT2D eigenvalue weighted by atomic mass is 9.83. The average Bonchev–Trinajstić information content (AvgIpc) is 3.25. The van der Waals surface area contributed by atoms with Gasteiger partial charge in [0.05, 0.1) is 12.2 Å². The van der Waals surface area contributed by atoms with Crippen LogP contribution in [0.1, 0.15) is 24.4 Å². The van der Waals surface area contributed by atoms with Crippen LogP contribution in [0.3, 0.4) is 0 Å². The third-order valence-corrected chi connectivity index (χ3v) is 9.15. The van der Waals surface area contributed by atoms with E-state index >= 15 is 0 Å². The van der Waals surface area contributed by atoms with Gasteiger partial charge in [0.25, 0.3) is 0 Å². The van der Waals surface area contributed by atoms with E-state index in [9.17, 15) is 4.39 Å². The van der Waals surface area contributed by atoms with Crippen LogP contribution in [0.15, 0.2) is 24.4 Å². The summed E-state index contributed by atoms with van der Waals surface area (Å²) in [5, 5.41) is 4.59. The predicted octanol–water partition coefficient (Wildman–Crippen LogP) is 4.31. The lowest BCUT2D eigenvalue weighted by Crippen LogP contribution is -2.51. The number of ether oxygens (including phenoxy) is 2. The molecular formula is C23H30FIN6O2Si. The number of fused-ring (bicyclic) bond motifs is 2. The Labute approximate surface area is 213 Å². The molecular weight excluding hydrogens is 566 g/mol. The van der Waals surface area contributed by atoms with Crippen LogP contribution >= 0.6 is 22.6 Å². The third-order valence-electron chi connectivity index (χ3n) is 6.72. The van der Waals surface area contributed by atoms with Gasteiger partial charge in [0, 0.05) is 46.2 Å². The first-order chi connectivity index (χ1) is 16.2. The Balaban J connectivity index is 1.29. The van der Waals surface area contributed by atoms with E-state index in [4.69, 9.17) is 20.2 Å². The fraction of sp³-hybridized carbons (Fsp3) is 0.522. The summed E-state index contributed by atoms with van der Waals surface area (Å²) in [7, 11) is -1.15. The molecule has 0 amide bonds. The molecule has 0 bridgehead atoms. The Hall–Kier alpha value is -1.83. The highest BCUT2D eigenvalue weighted by atomic mass is 127. The standard InChI is InChI=1S/C23H30FIN6O2Si/c1-34(2,3)11-10-32-14-31-22-19(21(25)29-31)27-13-18(28-22)30-8-6-23(7-9-30)20(26)16-12-15(24)4-5-17(16)33-23/h4-5,12-13,20H,6-11,14,26H2,1-3H3/t20-/m1/s1. The van der Waals surface area contributed by atoms with Crippen LogP contribution in [0, 0.1) is 9.52 Å². The summed E-state index contributed by atoms with van der Waals surface area (Å²) in [6.45, 7) is 9.55. The number of benzene rings is 1. The molecule has 2 aliphatic heterocycles. The molecule has 11 heteroatoms. The molecule has 0 saturated carbocycles. The molecule has 1 fully saturated rings. The lowest BCUT2D eigenvalue weighted by molar-refractivity contribution is 0.0431. The molecule has 4 heterocycles. The summed E-state index contributed by atoms with van der Waals surface area (Å²) in [6.07, 6.45) is 3.25. The summed E-state index contributed by atoms with van der Waals surface area (Å²) in [5.74, 6) is 1.21. The summed E-state index contributed by atoms with van der Waals surface area (Å²) >= 11 is 2.19. The zero-order valence-electron chi connectivity index (χ0n) is 19.7. The molecule has 1 saturated heterocycles. The first-order valence-electron chi connectivity index (χ1n) is 11.6. The highest BCUT2D eigenvalue weighted by molar-refractivity contribution is 14.1. The number of hydrogen-bond donors (Lipinski definition) is 1. The molecule has 5 rings (SSSR count). The maximum Gasteiger partial charge on any atom is 0.182 e. The molecule has 2 N–H and O–H groups in total. The van der Waals surface area contributed by atoms with Crippen molar-refractivity contribution in [2.75, 3.05) is 24.6 Å². The van der Waals surface area contributed by atoms with Crippen LogP contribution in [0.25, 0.3) is 11.2 Å². The van der Waals surface area contributed by atoms with Crippen molar-refractivity contribution in [3.63, 3.8) is 0 Å². The Bertz CT molecular complexity index is 1210. The van der Waals surface area contributed by atoms with Crippen LogP contribution in [-0.4, -0.2) is 53.1 Å². The van der Waals surface area contributed by atoms with E-state index in [0.29, 0.717) is 12.5 Å². The van der Waals surface area contributed by atoms with Crippen LogP contribution in [0.5, 0.6) is 5.75 Å². The highest BCUT2D eigenvalue weighted by Gasteiger charge is 2.48. The van der Waals surface area contributed by atoms with E-state index in [1.807, 2.05) is 0 Å². The van der Waals surface area contributed by atoms with Gasteiger partial charge in [-0.1, -0.05) is 19.6 Å². The van der Waals surface area contributed by atoms with E-state index < -0.39 is 13.7 Å². The molecule has 0 aliphatic carbocycles. The molecule has 1 atom stereocenters. The molecule has 0 unspecified atom stereocenters. The summed E-state index contributed by atoms with van der Waals surface area (Å²) in [6, 6.07) is 5.36. The average molecular weight is 597 g/mol. The second-order valence-electron chi connectivity index (χ2n) is 10.4. The van der Waals surface area contributed by atoms with Gasteiger partial charge in [-0.2, -0.15) is 5.10 Å². The number of piperidine rings is 1. The number of halogens is 2. The largest absolute Gasteiger partial charge is 0.485 e. The number of nitrogens with two attached hydrogens (primary N) is 1. The normalized spacial score (nSPS) is 19.6. The van der Waals surface area contributed by atoms with Gasteiger partial charge in [0.2, 0.25) is 0 Å². The molecule has 8 nitrogen and oxygen atoms in total. The lowest BCUT2D eigenvalue weighted by Gasteiger charge is -2.41. The van der Waals surface area contributed by atoms with Crippen molar-refractivity contribution in [3.8, 4) is 5.75 Å². The van der Waals surface area contributed by atoms with Gasteiger partial charge in [0.1, 0.15) is 35.2 Å². The van der Waals surface area contributed by atoms with Crippen molar-refractivity contribution in [2.24, 2.45) is 5.73 Å². The first kappa shape index (κ1) is 23.9. The third kappa shape index (κ3) is 4.54. The van der Waals surface area contributed by atoms with Crippen LogP contribution in [-0.2, 0) is 11.5 Å². The number of rotatable bonds is 6. The van der Waals surface area contributed by atoms with Gasteiger partial charge >= 0.3 is 0 Å². The molecule has 2 aliphatic rings. The summed E-state index contributed by atoms with van der Waals surface area (Å²) < 4.78 is 28.5. The SMILES string of the molecule is C[Si](C)(C)CCOCn1nc(I)c2ncc(N3CCC4(CC3)Oc3ccc(F)cc3[C@H]4N)nc21.